The molecule has 1 aromatic carbocycles. The van der Waals surface area contributed by atoms with E-state index in [1.807, 2.05) is 16.8 Å². The predicted molar refractivity (Wildman–Crippen MR) is 92.4 cm³/mol. The second-order valence-electron chi connectivity index (χ2n) is 5.21. The monoisotopic (exact) mass is 343 g/mol. The van der Waals surface area contributed by atoms with E-state index in [-0.39, 0.29) is 11.0 Å². The maximum atomic E-state index is 13.9. The van der Waals surface area contributed by atoms with Crippen LogP contribution in [0.3, 0.4) is 0 Å². The molecule has 2 aliphatic rings. The highest BCUT2D eigenvalue weighted by Crippen LogP contribution is 2.26. The molecule has 0 bridgehead atoms. The van der Waals surface area contributed by atoms with Crippen LogP contribution in [0.5, 0.6) is 0 Å². The van der Waals surface area contributed by atoms with Crippen LogP contribution in [0.1, 0.15) is 0 Å². The number of nitrogens with two attached hydrogens (primary N) is 2. The highest BCUT2D eigenvalue weighted by atomic mass is 35.5. The molecule has 0 atom stereocenters. The molecule has 0 radical (unpaired) electrons. The zero-order valence-corrected chi connectivity index (χ0v) is 13.4. The van der Waals surface area contributed by atoms with E-state index in [1.165, 1.54) is 12.1 Å². The summed E-state index contributed by atoms with van der Waals surface area (Å²) in [6.07, 6.45) is 6.80. The molecule has 0 aliphatic carbocycles. The smallest absolute Gasteiger partial charge is 0.163 e. The van der Waals surface area contributed by atoms with Gasteiger partial charge in [-0.3, -0.25) is 0 Å². The SMILES string of the molecule is N/C(=C\C=C(/N)Cl)Cn1ccc2nc(-c3ccccc3F)nc-2c1. The summed E-state index contributed by atoms with van der Waals surface area (Å²) in [6.45, 7) is 0.443. The van der Waals surface area contributed by atoms with Gasteiger partial charge < -0.3 is 16.0 Å². The number of hydrogen-bond acceptors (Lipinski definition) is 4. The number of rotatable bonds is 4. The Balaban J connectivity index is 1.90. The van der Waals surface area contributed by atoms with E-state index in [4.69, 9.17) is 23.1 Å². The number of aromatic nitrogens is 3. The first kappa shape index (κ1) is 16.0. The second-order valence-corrected chi connectivity index (χ2v) is 5.64. The fourth-order valence-corrected chi connectivity index (χ4v) is 2.33. The Kier molecular flexibility index (Phi) is 4.48. The number of pyridine rings is 1. The summed E-state index contributed by atoms with van der Waals surface area (Å²) >= 11 is 5.56. The third kappa shape index (κ3) is 3.55. The number of hydrogen-bond donors (Lipinski definition) is 2. The lowest BCUT2D eigenvalue weighted by Crippen LogP contribution is -2.08. The molecule has 24 heavy (non-hydrogen) atoms. The Morgan fingerprint density at radius 3 is 2.62 bits per heavy atom. The molecule has 0 spiro atoms. The maximum Gasteiger partial charge on any atom is 0.163 e. The minimum absolute atomic E-state index is 0.162. The van der Waals surface area contributed by atoms with Gasteiger partial charge in [0.05, 0.1) is 23.0 Å². The largest absolute Gasteiger partial charge is 0.401 e. The van der Waals surface area contributed by atoms with Gasteiger partial charge >= 0.3 is 0 Å². The summed E-state index contributed by atoms with van der Waals surface area (Å²) in [5.74, 6) is 0.0144. The van der Waals surface area contributed by atoms with Gasteiger partial charge in [-0.05, 0) is 30.4 Å². The third-order valence-corrected chi connectivity index (χ3v) is 3.49. The molecule has 122 valence electrons. The lowest BCUT2D eigenvalue weighted by Gasteiger charge is -2.07. The van der Waals surface area contributed by atoms with Gasteiger partial charge in [-0.25, -0.2) is 14.4 Å². The van der Waals surface area contributed by atoms with Gasteiger partial charge in [-0.15, -0.1) is 0 Å². The van der Waals surface area contributed by atoms with Crippen LogP contribution in [0.15, 0.2) is 65.7 Å². The van der Waals surface area contributed by atoms with E-state index in [9.17, 15) is 4.39 Å². The molecule has 4 N–H and O–H groups in total. The summed E-state index contributed by atoms with van der Waals surface area (Å²) < 4.78 is 15.7. The second kappa shape index (κ2) is 6.72. The zero-order chi connectivity index (χ0) is 17.1. The third-order valence-electron chi connectivity index (χ3n) is 3.36. The molecule has 0 unspecified atom stereocenters. The van der Waals surface area contributed by atoms with Crippen LogP contribution in [0.2, 0.25) is 0 Å². The lowest BCUT2D eigenvalue weighted by molar-refractivity contribution is 0.630. The average Bonchev–Trinajstić information content (AvgIpc) is 2.96. The molecule has 1 aromatic rings. The van der Waals surface area contributed by atoms with Crippen molar-refractivity contribution in [2.75, 3.05) is 0 Å². The molecule has 0 aromatic heterocycles. The van der Waals surface area contributed by atoms with E-state index in [0.717, 1.165) is 0 Å². The Hall–Kier alpha value is -2.86. The molecule has 0 saturated heterocycles. The Morgan fingerprint density at radius 2 is 1.88 bits per heavy atom. The van der Waals surface area contributed by atoms with Crippen molar-refractivity contribution < 1.29 is 4.39 Å². The number of fused-ring (bicyclic) bond motifs is 1. The van der Waals surface area contributed by atoms with Crippen LogP contribution in [-0.4, -0.2) is 14.5 Å². The van der Waals surface area contributed by atoms with Crippen molar-refractivity contribution in [1.29, 1.82) is 0 Å². The topological polar surface area (TPSA) is 82.8 Å². The van der Waals surface area contributed by atoms with Crippen molar-refractivity contribution in [2.24, 2.45) is 11.5 Å². The molecule has 0 fully saturated rings. The minimum Gasteiger partial charge on any atom is -0.401 e. The van der Waals surface area contributed by atoms with Crippen LogP contribution in [-0.2, 0) is 6.54 Å². The molecular formula is C17H15ClFN5. The predicted octanol–water partition coefficient (Wildman–Crippen LogP) is 3.07. The van der Waals surface area contributed by atoms with Crippen LogP contribution in [0.25, 0.3) is 22.8 Å². The first-order chi connectivity index (χ1) is 11.5. The van der Waals surface area contributed by atoms with Crippen LogP contribution in [0, 0.1) is 5.82 Å². The van der Waals surface area contributed by atoms with Crippen LogP contribution in [0.4, 0.5) is 4.39 Å². The Labute approximate surface area is 143 Å². The van der Waals surface area contributed by atoms with E-state index < -0.39 is 0 Å². The zero-order valence-electron chi connectivity index (χ0n) is 12.7. The van der Waals surface area contributed by atoms with Gasteiger partial charge in [0.25, 0.3) is 0 Å². The maximum absolute atomic E-state index is 13.9. The van der Waals surface area contributed by atoms with Crippen molar-refractivity contribution in [2.45, 2.75) is 6.54 Å². The Morgan fingerprint density at radius 1 is 1.12 bits per heavy atom. The highest BCUT2D eigenvalue weighted by Gasteiger charge is 2.15. The van der Waals surface area contributed by atoms with Gasteiger partial charge in [0, 0.05) is 18.1 Å². The highest BCUT2D eigenvalue weighted by molar-refractivity contribution is 6.29. The number of allylic oxidation sites excluding steroid dienone is 3. The standard InChI is InChI=1S/C17H15ClFN5/c18-16(21)6-5-11(20)9-24-8-7-14-15(10-24)23-17(22-14)12-3-1-2-4-13(12)19/h1-8,10H,9,20-21H2/b11-5-,16-6-. The summed E-state index contributed by atoms with van der Waals surface area (Å²) in [5, 5.41) is 0.162. The molecule has 3 rings (SSSR count). The molecule has 7 heteroatoms. The lowest BCUT2D eigenvalue weighted by atomic mass is 10.2. The van der Waals surface area contributed by atoms with Gasteiger partial charge in [0.1, 0.15) is 11.5 Å². The summed E-state index contributed by atoms with van der Waals surface area (Å²) in [5.41, 5.74) is 13.6. The number of halogens is 2. The molecule has 0 amide bonds. The molecular weight excluding hydrogens is 329 g/mol. The van der Waals surface area contributed by atoms with Crippen molar-refractivity contribution in [3.05, 3.63) is 71.5 Å². The van der Waals surface area contributed by atoms with Crippen LogP contribution >= 0.6 is 11.6 Å². The summed E-state index contributed by atoms with van der Waals surface area (Å²) in [6, 6.07) is 8.23. The van der Waals surface area contributed by atoms with Crippen molar-refractivity contribution >= 4 is 11.6 Å². The van der Waals surface area contributed by atoms with Gasteiger partial charge in [-0.2, -0.15) is 0 Å². The van der Waals surface area contributed by atoms with Crippen molar-refractivity contribution in [1.82, 2.24) is 14.5 Å². The quantitative estimate of drug-likeness (QED) is 0.563. The van der Waals surface area contributed by atoms with E-state index in [1.54, 1.807) is 30.5 Å². The summed E-state index contributed by atoms with van der Waals surface area (Å²) in [4.78, 5) is 8.77. The van der Waals surface area contributed by atoms with Crippen molar-refractivity contribution in [3.8, 4) is 22.8 Å². The molecule has 2 heterocycles. The number of imidazole rings is 1. The van der Waals surface area contributed by atoms with E-state index in [0.29, 0.717) is 35.0 Å². The number of benzene rings is 1. The normalized spacial score (nSPS) is 12.8. The first-order valence-electron chi connectivity index (χ1n) is 7.18. The fourth-order valence-electron chi connectivity index (χ4n) is 2.26. The van der Waals surface area contributed by atoms with Gasteiger partial charge in [0.15, 0.2) is 5.82 Å². The van der Waals surface area contributed by atoms with Crippen molar-refractivity contribution in [3.63, 3.8) is 0 Å². The van der Waals surface area contributed by atoms with E-state index >= 15 is 0 Å². The van der Waals surface area contributed by atoms with Crippen LogP contribution < -0.4 is 11.5 Å². The molecule has 2 aliphatic heterocycles. The fraction of sp³-hybridized carbons (Fsp3) is 0.0588. The van der Waals surface area contributed by atoms with E-state index in [2.05, 4.69) is 9.97 Å². The Bertz CT molecular complexity index is 896. The first-order valence-corrected chi connectivity index (χ1v) is 7.56. The minimum atomic E-state index is -0.349. The van der Waals surface area contributed by atoms with Gasteiger partial charge in [0.2, 0.25) is 0 Å². The summed E-state index contributed by atoms with van der Waals surface area (Å²) in [7, 11) is 0. The average molecular weight is 344 g/mol. The number of nitrogens with zero attached hydrogens (tertiary/aromatic N) is 3. The van der Waals surface area contributed by atoms with Gasteiger partial charge in [-0.1, -0.05) is 23.7 Å². The molecule has 0 saturated carbocycles. The molecule has 5 nitrogen and oxygen atoms in total.